The van der Waals surface area contributed by atoms with Crippen LogP contribution in [0, 0.1) is 6.92 Å². The van der Waals surface area contributed by atoms with Gasteiger partial charge in [0.1, 0.15) is 18.1 Å². The van der Waals surface area contributed by atoms with Gasteiger partial charge < -0.3 is 9.64 Å². The van der Waals surface area contributed by atoms with Gasteiger partial charge in [-0.2, -0.15) is 0 Å². The number of hydrogen-bond donors (Lipinski definition) is 0. The predicted octanol–water partition coefficient (Wildman–Crippen LogP) is 1.94. The van der Waals surface area contributed by atoms with Crippen LogP contribution >= 0.6 is 0 Å². The van der Waals surface area contributed by atoms with E-state index in [0.29, 0.717) is 18.8 Å². The molecule has 0 saturated heterocycles. The minimum Gasteiger partial charge on any atom is -0.492 e. The van der Waals surface area contributed by atoms with Crippen molar-refractivity contribution in [1.82, 2.24) is 14.9 Å². The summed E-state index contributed by atoms with van der Waals surface area (Å²) in [6.45, 7) is 2.94. The minimum absolute atomic E-state index is 0.161. The van der Waals surface area contributed by atoms with Crippen LogP contribution in [0.5, 0.6) is 5.75 Å². The first-order valence-electron chi connectivity index (χ1n) is 6.38. The van der Waals surface area contributed by atoms with E-state index in [1.165, 1.54) is 18.6 Å². The largest absolute Gasteiger partial charge is 0.492 e. The molecule has 104 valence electrons. The average Bonchev–Trinajstić information content (AvgIpc) is 2.47. The van der Waals surface area contributed by atoms with Crippen molar-refractivity contribution in [2.75, 3.05) is 20.2 Å². The molecule has 0 saturated carbocycles. The van der Waals surface area contributed by atoms with Crippen LogP contribution < -0.4 is 4.74 Å². The topological polar surface area (TPSA) is 55.3 Å². The highest BCUT2D eigenvalue weighted by molar-refractivity contribution is 5.91. The lowest BCUT2D eigenvalue weighted by Gasteiger charge is -2.16. The zero-order valence-electron chi connectivity index (χ0n) is 11.6. The molecule has 0 bridgehead atoms. The van der Waals surface area contributed by atoms with Gasteiger partial charge in [-0.3, -0.25) is 9.78 Å². The summed E-state index contributed by atoms with van der Waals surface area (Å²) >= 11 is 0. The molecule has 0 fully saturated rings. The van der Waals surface area contributed by atoms with E-state index < -0.39 is 0 Å². The van der Waals surface area contributed by atoms with Crippen molar-refractivity contribution in [3.05, 3.63) is 54.1 Å². The fraction of sp³-hybridized carbons (Fsp3) is 0.267. The zero-order chi connectivity index (χ0) is 14.4. The first kappa shape index (κ1) is 14.0. The summed E-state index contributed by atoms with van der Waals surface area (Å²) in [4.78, 5) is 21.4. The fourth-order valence-corrected chi connectivity index (χ4v) is 1.71. The van der Waals surface area contributed by atoms with Crippen LogP contribution in [0.1, 0.15) is 16.1 Å². The van der Waals surface area contributed by atoms with Crippen LogP contribution in [0.25, 0.3) is 0 Å². The van der Waals surface area contributed by atoms with Gasteiger partial charge in [-0.1, -0.05) is 12.1 Å². The Bertz CT molecular complexity index is 572. The number of carbonyl (C=O) groups excluding carboxylic acids is 1. The maximum atomic E-state index is 12.0. The Morgan fingerprint density at radius 2 is 2.20 bits per heavy atom. The summed E-state index contributed by atoms with van der Waals surface area (Å²) in [6.07, 6.45) is 4.50. The summed E-state index contributed by atoms with van der Waals surface area (Å²) < 4.78 is 5.61. The Labute approximate surface area is 118 Å². The summed E-state index contributed by atoms with van der Waals surface area (Å²) in [7, 11) is 1.72. The number of rotatable bonds is 5. The zero-order valence-corrected chi connectivity index (χ0v) is 11.6. The van der Waals surface area contributed by atoms with E-state index in [2.05, 4.69) is 9.97 Å². The van der Waals surface area contributed by atoms with Crippen LogP contribution in [0.3, 0.4) is 0 Å². The normalized spacial score (nSPS) is 10.1. The number of aromatic nitrogens is 2. The van der Waals surface area contributed by atoms with Crippen LogP contribution in [0.15, 0.2) is 42.9 Å². The van der Waals surface area contributed by atoms with Crippen LogP contribution in [0.4, 0.5) is 0 Å². The van der Waals surface area contributed by atoms with E-state index >= 15 is 0 Å². The van der Waals surface area contributed by atoms with E-state index in [1.807, 2.05) is 31.2 Å². The van der Waals surface area contributed by atoms with Gasteiger partial charge >= 0.3 is 0 Å². The number of carbonyl (C=O) groups is 1. The van der Waals surface area contributed by atoms with Crippen molar-refractivity contribution in [3.63, 3.8) is 0 Å². The molecule has 0 aliphatic rings. The second-order valence-electron chi connectivity index (χ2n) is 4.48. The van der Waals surface area contributed by atoms with Crippen molar-refractivity contribution >= 4 is 5.91 Å². The highest BCUT2D eigenvalue weighted by Crippen LogP contribution is 2.12. The lowest BCUT2D eigenvalue weighted by molar-refractivity contribution is 0.0767. The van der Waals surface area contributed by atoms with Gasteiger partial charge in [-0.05, 0) is 24.6 Å². The van der Waals surface area contributed by atoms with Crippen LogP contribution in [-0.4, -0.2) is 41.0 Å². The maximum Gasteiger partial charge on any atom is 0.273 e. The van der Waals surface area contributed by atoms with Crippen molar-refractivity contribution in [1.29, 1.82) is 0 Å². The van der Waals surface area contributed by atoms with Gasteiger partial charge in [0.2, 0.25) is 0 Å². The molecule has 2 rings (SSSR count). The number of nitrogens with zero attached hydrogens (tertiary/aromatic N) is 3. The molecule has 0 aliphatic carbocycles. The standard InChI is InChI=1S/C15H17N3O2/c1-12-4-3-5-13(10-12)20-9-8-18(2)15(19)14-11-16-6-7-17-14/h3-7,10-11H,8-9H2,1-2H3. The molecule has 2 aromatic rings. The van der Waals surface area contributed by atoms with E-state index in [1.54, 1.807) is 11.9 Å². The number of hydrogen-bond acceptors (Lipinski definition) is 4. The summed E-state index contributed by atoms with van der Waals surface area (Å²) in [5.41, 5.74) is 1.48. The number of amides is 1. The van der Waals surface area contributed by atoms with Crippen LogP contribution in [0.2, 0.25) is 0 Å². The molecule has 0 atom stereocenters. The Morgan fingerprint density at radius 1 is 1.35 bits per heavy atom. The van der Waals surface area contributed by atoms with Crippen molar-refractivity contribution in [2.45, 2.75) is 6.92 Å². The Hall–Kier alpha value is -2.43. The van der Waals surface area contributed by atoms with Gasteiger partial charge in [0.15, 0.2) is 0 Å². The van der Waals surface area contributed by atoms with Crippen molar-refractivity contribution in [2.24, 2.45) is 0 Å². The molecule has 0 aliphatic heterocycles. The van der Waals surface area contributed by atoms with E-state index in [-0.39, 0.29) is 5.91 Å². The number of ether oxygens (including phenoxy) is 1. The molecular formula is C15H17N3O2. The summed E-state index contributed by atoms with van der Waals surface area (Å²) in [5.74, 6) is 0.649. The number of aryl methyl sites for hydroxylation is 1. The molecule has 0 radical (unpaired) electrons. The molecule has 5 heteroatoms. The fourth-order valence-electron chi connectivity index (χ4n) is 1.71. The lowest BCUT2D eigenvalue weighted by Crippen LogP contribution is -2.31. The minimum atomic E-state index is -0.161. The third kappa shape index (κ3) is 3.78. The smallest absolute Gasteiger partial charge is 0.273 e. The van der Waals surface area contributed by atoms with E-state index in [4.69, 9.17) is 4.74 Å². The maximum absolute atomic E-state index is 12.0. The monoisotopic (exact) mass is 271 g/mol. The second kappa shape index (κ2) is 6.65. The molecule has 1 aromatic heterocycles. The average molecular weight is 271 g/mol. The number of likely N-dealkylation sites (N-methyl/N-ethyl adjacent to an activating group) is 1. The Balaban J connectivity index is 1.83. The SMILES string of the molecule is Cc1cccc(OCCN(C)C(=O)c2cnccn2)c1. The molecule has 1 aromatic carbocycles. The number of benzene rings is 1. The van der Waals surface area contributed by atoms with Gasteiger partial charge in [0.05, 0.1) is 12.7 Å². The molecular weight excluding hydrogens is 254 g/mol. The highest BCUT2D eigenvalue weighted by Gasteiger charge is 2.12. The molecule has 0 spiro atoms. The van der Waals surface area contributed by atoms with E-state index in [9.17, 15) is 4.79 Å². The van der Waals surface area contributed by atoms with Gasteiger partial charge in [-0.15, -0.1) is 0 Å². The second-order valence-corrected chi connectivity index (χ2v) is 4.48. The summed E-state index contributed by atoms with van der Waals surface area (Å²) in [5, 5.41) is 0. The molecule has 0 unspecified atom stereocenters. The molecule has 5 nitrogen and oxygen atoms in total. The predicted molar refractivity (Wildman–Crippen MR) is 75.7 cm³/mol. The molecule has 1 heterocycles. The first-order valence-corrected chi connectivity index (χ1v) is 6.38. The van der Waals surface area contributed by atoms with Gasteiger partial charge in [0.25, 0.3) is 5.91 Å². The van der Waals surface area contributed by atoms with Crippen LogP contribution in [-0.2, 0) is 0 Å². The van der Waals surface area contributed by atoms with Crippen molar-refractivity contribution < 1.29 is 9.53 Å². The first-order chi connectivity index (χ1) is 9.66. The quantitative estimate of drug-likeness (QED) is 0.834. The molecule has 1 amide bonds. The van der Waals surface area contributed by atoms with E-state index in [0.717, 1.165) is 11.3 Å². The van der Waals surface area contributed by atoms with Gasteiger partial charge in [-0.25, -0.2) is 4.98 Å². The highest BCUT2D eigenvalue weighted by atomic mass is 16.5. The molecule has 0 N–H and O–H groups in total. The lowest BCUT2D eigenvalue weighted by atomic mass is 10.2. The van der Waals surface area contributed by atoms with Crippen molar-refractivity contribution in [3.8, 4) is 5.75 Å². The van der Waals surface area contributed by atoms with Gasteiger partial charge in [0, 0.05) is 19.4 Å². The third-order valence-corrected chi connectivity index (χ3v) is 2.81. The Kier molecular flexibility index (Phi) is 4.65. The third-order valence-electron chi connectivity index (χ3n) is 2.81. The summed E-state index contributed by atoms with van der Waals surface area (Å²) in [6, 6.07) is 7.82. The Morgan fingerprint density at radius 3 is 2.90 bits per heavy atom. The molecule has 20 heavy (non-hydrogen) atoms.